The van der Waals surface area contributed by atoms with Crippen molar-refractivity contribution in [2.45, 2.75) is 13.0 Å². The minimum atomic E-state index is 0.0419. The number of rotatable bonds is 5. The van der Waals surface area contributed by atoms with Crippen LogP contribution in [0.25, 0.3) is 87.9 Å². The summed E-state index contributed by atoms with van der Waals surface area (Å²) in [6, 6.07) is 71.2. The fraction of sp³-hybridized carbons (Fsp3) is 0.0545. The molecule has 3 aromatic heterocycles. The molecule has 0 spiro atoms. The van der Waals surface area contributed by atoms with Gasteiger partial charge in [-0.3, -0.25) is 0 Å². The molecule has 1 aliphatic rings. The van der Waals surface area contributed by atoms with E-state index in [1.54, 1.807) is 0 Å². The van der Waals surface area contributed by atoms with Gasteiger partial charge in [-0.05, 0) is 64.7 Å². The molecule has 2 unspecified atom stereocenters. The molecule has 3 nitrogen and oxygen atoms in total. The maximum Gasteiger partial charge on any atom is 0.0742 e. The van der Waals surface area contributed by atoms with Gasteiger partial charge in [0.25, 0.3) is 0 Å². The van der Waals surface area contributed by atoms with Crippen molar-refractivity contribution < 1.29 is 0 Å². The SMILES string of the molecule is CC1C(c2ccccc2)=CC(c2ccccc2)=CC1n1c2ccccc2c2cccc(-n3c4ccccc4c4c(-n5c6ccccc6c6ccccc65)cccc43)c21. The van der Waals surface area contributed by atoms with E-state index in [2.05, 4.69) is 227 Å². The zero-order chi connectivity index (χ0) is 38.3. The number of allylic oxidation sites excluding steroid dienone is 4. The Labute approximate surface area is 336 Å². The zero-order valence-electron chi connectivity index (χ0n) is 32.1. The van der Waals surface area contributed by atoms with Crippen LogP contribution in [0.5, 0.6) is 0 Å². The van der Waals surface area contributed by atoms with E-state index in [4.69, 9.17) is 0 Å². The molecule has 58 heavy (non-hydrogen) atoms. The number of hydrogen-bond acceptors (Lipinski definition) is 0. The Kier molecular flexibility index (Phi) is 7.27. The molecule has 1 aliphatic carbocycles. The second kappa shape index (κ2) is 12.8. The van der Waals surface area contributed by atoms with Crippen molar-refractivity contribution in [1.29, 1.82) is 0 Å². The Morgan fingerprint density at radius 1 is 0.379 bits per heavy atom. The van der Waals surface area contributed by atoms with Crippen LogP contribution in [0.4, 0.5) is 0 Å². The summed E-state index contributed by atoms with van der Waals surface area (Å²) in [6.07, 6.45) is 4.94. The zero-order valence-corrected chi connectivity index (χ0v) is 32.1. The van der Waals surface area contributed by atoms with E-state index in [9.17, 15) is 0 Å². The van der Waals surface area contributed by atoms with Crippen molar-refractivity contribution in [1.82, 2.24) is 13.7 Å². The van der Waals surface area contributed by atoms with Crippen LogP contribution >= 0.6 is 0 Å². The van der Waals surface area contributed by atoms with Gasteiger partial charge in [-0.2, -0.15) is 0 Å². The molecule has 2 atom stereocenters. The van der Waals surface area contributed by atoms with Crippen LogP contribution in [0, 0.1) is 5.92 Å². The number of nitrogens with zero attached hydrogens (tertiary/aromatic N) is 3. The van der Waals surface area contributed by atoms with Gasteiger partial charge in [-0.15, -0.1) is 0 Å². The standard InChI is InChI=1S/C55H39N3/c1-36-45(38-20-6-3-7-21-38)34-39(37-18-4-2-5-19-37)35-53(36)58-48-29-14-10-24-42(48)43-26-16-33-52(55(43)58)57-49-30-15-11-25-44(49)54-50(31-17-32-51(54)57)56-46-27-12-8-22-40(46)41-23-9-13-28-47(41)56/h2-36,53H,1H3. The third-order valence-electron chi connectivity index (χ3n) is 12.6. The Hall–Kier alpha value is -7.36. The first kappa shape index (κ1) is 32.8. The molecular formula is C55H39N3. The fourth-order valence-corrected chi connectivity index (χ4v) is 10.1. The summed E-state index contributed by atoms with van der Waals surface area (Å²) >= 11 is 0. The molecule has 12 rings (SSSR count). The lowest BCUT2D eigenvalue weighted by Gasteiger charge is -2.32. The Morgan fingerprint density at radius 2 is 0.845 bits per heavy atom. The first-order valence-electron chi connectivity index (χ1n) is 20.3. The van der Waals surface area contributed by atoms with Crippen molar-refractivity contribution in [3.05, 3.63) is 217 Å². The molecule has 274 valence electrons. The van der Waals surface area contributed by atoms with Crippen LogP contribution in [-0.2, 0) is 0 Å². The topological polar surface area (TPSA) is 14.8 Å². The monoisotopic (exact) mass is 741 g/mol. The molecule has 8 aromatic carbocycles. The average molecular weight is 742 g/mol. The first-order valence-corrected chi connectivity index (χ1v) is 20.3. The molecule has 0 N–H and O–H groups in total. The molecule has 11 aromatic rings. The van der Waals surface area contributed by atoms with Gasteiger partial charge in [0.15, 0.2) is 0 Å². The van der Waals surface area contributed by atoms with Gasteiger partial charge in [0.1, 0.15) is 0 Å². The summed E-state index contributed by atoms with van der Waals surface area (Å²) in [7, 11) is 0. The van der Waals surface area contributed by atoms with Crippen LogP contribution < -0.4 is 0 Å². The summed E-state index contributed by atoms with van der Waals surface area (Å²) in [5.41, 5.74) is 14.7. The van der Waals surface area contributed by atoms with Gasteiger partial charge >= 0.3 is 0 Å². The quantitative estimate of drug-likeness (QED) is 0.167. The molecule has 0 aliphatic heterocycles. The third kappa shape index (κ3) is 4.74. The smallest absolute Gasteiger partial charge is 0.0742 e. The average Bonchev–Trinajstić information content (AvgIpc) is 3.93. The predicted octanol–water partition coefficient (Wildman–Crippen LogP) is 14.3. The second-order valence-corrected chi connectivity index (χ2v) is 15.7. The van der Waals surface area contributed by atoms with E-state index in [-0.39, 0.29) is 12.0 Å². The third-order valence-corrected chi connectivity index (χ3v) is 12.6. The Bertz CT molecular complexity index is 3410. The normalized spacial score (nSPS) is 15.9. The predicted molar refractivity (Wildman–Crippen MR) is 245 cm³/mol. The Balaban J connectivity index is 1.18. The molecule has 3 heteroatoms. The highest BCUT2D eigenvalue weighted by Gasteiger charge is 2.31. The molecular weight excluding hydrogens is 703 g/mol. The van der Waals surface area contributed by atoms with Gasteiger partial charge in [0, 0.05) is 43.8 Å². The lowest BCUT2D eigenvalue weighted by molar-refractivity contribution is 0.524. The van der Waals surface area contributed by atoms with Crippen LogP contribution in [-0.4, -0.2) is 13.7 Å². The highest BCUT2D eigenvalue weighted by molar-refractivity contribution is 6.18. The number of para-hydroxylation sites is 5. The lowest BCUT2D eigenvalue weighted by Crippen LogP contribution is -2.20. The van der Waals surface area contributed by atoms with E-state index in [1.165, 1.54) is 99.1 Å². The van der Waals surface area contributed by atoms with E-state index in [1.807, 2.05) is 0 Å². The summed E-state index contributed by atoms with van der Waals surface area (Å²) < 4.78 is 7.66. The van der Waals surface area contributed by atoms with Crippen molar-refractivity contribution in [2.24, 2.45) is 5.92 Å². The molecule has 0 fully saturated rings. The second-order valence-electron chi connectivity index (χ2n) is 15.7. The first-order chi connectivity index (χ1) is 28.7. The highest BCUT2D eigenvalue weighted by atomic mass is 15.1. The molecule has 0 amide bonds. The van der Waals surface area contributed by atoms with Crippen molar-refractivity contribution >= 4 is 76.6 Å². The summed E-state index contributed by atoms with van der Waals surface area (Å²) in [5, 5.41) is 7.54. The van der Waals surface area contributed by atoms with E-state index < -0.39 is 0 Å². The number of aromatic nitrogens is 3. The number of benzene rings is 8. The van der Waals surface area contributed by atoms with Crippen LogP contribution in [0.1, 0.15) is 24.1 Å². The van der Waals surface area contributed by atoms with Crippen molar-refractivity contribution in [2.75, 3.05) is 0 Å². The molecule has 0 saturated heterocycles. The van der Waals surface area contributed by atoms with Gasteiger partial charge < -0.3 is 13.7 Å². The van der Waals surface area contributed by atoms with E-state index in [0.29, 0.717) is 0 Å². The largest absolute Gasteiger partial charge is 0.331 e. The number of fused-ring (bicyclic) bond motifs is 9. The van der Waals surface area contributed by atoms with Crippen LogP contribution in [0.15, 0.2) is 206 Å². The highest BCUT2D eigenvalue weighted by Crippen LogP contribution is 2.47. The maximum atomic E-state index is 2.65. The Morgan fingerprint density at radius 3 is 1.52 bits per heavy atom. The van der Waals surface area contributed by atoms with Gasteiger partial charge in [-0.25, -0.2) is 0 Å². The van der Waals surface area contributed by atoms with E-state index >= 15 is 0 Å². The van der Waals surface area contributed by atoms with Gasteiger partial charge in [-0.1, -0.05) is 171 Å². The number of hydrogen-bond donors (Lipinski definition) is 0. The minimum absolute atomic E-state index is 0.0419. The molecule has 0 radical (unpaired) electrons. The lowest BCUT2D eigenvalue weighted by atomic mass is 9.80. The van der Waals surface area contributed by atoms with Crippen LogP contribution in [0.2, 0.25) is 0 Å². The maximum absolute atomic E-state index is 2.65. The molecule has 0 bridgehead atoms. The van der Waals surface area contributed by atoms with Crippen LogP contribution in [0.3, 0.4) is 0 Å². The van der Waals surface area contributed by atoms with Gasteiger partial charge in [0.2, 0.25) is 0 Å². The summed E-state index contributed by atoms with van der Waals surface area (Å²) in [4.78, 5) is 0. The summed E-state index contributed by atoms with van der Waals surface area (Å²) in [6.45, 7) is 2.41. The van der Waals surface area contributed by atoms with Gasteiger partial charge in [0.05, 0.1) is 45.0 Å². The molecule has 3 heterocycles. The van der Waals surface area contributed by atoms with Crippen molar-refractivity contribution in [3.8, 4) is 11.4 Å². The summed E-state index contributed by atoms with van der Waals surface area (Å²) in [5.74, 6) is 0.196. The fourth-order valence-electron chi connectivity index (χ4n) is 10.1. The minimum Gasteiger partial charge on any atom is -0.331 e. The van der Waals surface area contributed by atoms with E-state index in [0.717, 1.165) is 0 Å². The van der Waals surface area contributed by atoms with Crippen molar-refractivity contribution in [3.63, 3.8) is 0 Å². The molecule has 0 saturated carbocycles.